The zero-order valence-electron chi connectivity index (χ0n) is 16.0. The van der Waals surface area contributed by atoms with Gasteiger partial charge in [0.1, 0.15) is 11.3 Å². The number of piperazine rings is 1. The van der Waals surface area contributed by atoms with E-state index in [1.165, 1.54) is 31.8 Å². The lowest BCUT2D eigenvalue weighted by Crippen LogP contribution is -2.48. The van der Waals surface area contributed by atoms with Crippen LogP contribution in [0.4, 0.5) is 5.82 Å². The summed E-state index contributed by atoms with van der Waals surface area (Å²) in [5.74, 6) is 1.16. The van der Waals surface area contributed by atoms with Gasteiger partial charge in [0, 0.05) is 38.9 Å². The molecule has 2 amide bonds. The summed E-state index contributed by atoms with van der Waals surface area (Å²) in [5.41, 5.74) is 1.73. The molecule has 8 nitrogen and oxygen atoms in total. The molecule has 1 aliphatic carbocycles. The molecule has 28 heavy (non-hydrogen) atoms. The first-order valence-electron chi connectivity index (χ1n) is 9.94. The quantitative estimate of drug-likeness (QED) is 0.768. The minimum atomic E-state index is -0.106. The van der Waals surface area contributed by atoms with Crippen molar-refractivity contribution < 1.29 is 9.59 Å². The van der Waals surface area contributed by atoms with Crippen molar-refractivity contribution in [2.75, 3.05) is 37.6 Å². The Balaban J connectivity index is 1.46. The van der Waals surface area contributed by atoms with Crippen molar-refractivity contribution in [1.82, 2.24) is 25.2 Å². The van der Waals surface area contributed by atoms with Crippen LogP contribution in [0.15, 0.2) is 25.0 Å². The fourth-order valence-corrected chi connectivity index (χ4v) is 4.04. The number of nitrogens with one attached hydrogen (secondary N) is 2. The first kappa shape index (κ1) is 18.5. The van der Waals surface area contributed by atoms with E-state index in [-0.39, 0.29) is 11.8 Å². The number of carbonyl (C=O) groups excluding carboxylic acids is 2. The molecule has 1 aliphatic heterocycles. The Morgan fingerprint density at radius 2 is 2.00 bits per heavy atom. The maximum Gasteiger partial charge on any atom is 0.255 e. The summed E-state index contributed by atoms with van der Waals surface area (Å²) >= 11 is 0. The van der Waals surface area contributed by atoms with Crippen LogP contribution in [0.3, 0.4) is 0 Å². The highest BCUT2D eigenvalue weighted by Crippen LogP contribution is 2.24. The monoisotopic (exact) mass is 382 g/mol. The third-order valence-corrected chi connectivity index (χ3v) is 5.73. The first-order chi connectivity index (χ1) is 13.7. The van der Waals surface area contributed by atoms with Gasteiger partial charge in [-0.1, -0.05) is 19.4 Å². The second-order valence-electron chi connectivity index (χ2n) is 7.50. The van der Waals surface area contributed by atoms with Crippen molar-refractivity contribution in [1.29, 1.82) is 0 Å². The zero-order chi connectivity index (χ0) is 19.5. The standard InChI is InChI=1S/C20H26N6O2/c1-2-17(27)26-9-7-25(8-10-26)16-13-22-19-18(24-16)15(12-21-19)20(28)23-11-14-5-3-4-6-14/h2,12-14H,1,3-11H2,(H,21,22)(H,23,28). The number of anilines is 1. The van der Waals surface area contributed by atoms with Gasteiger partial charge in [-0.2, -0.15) is 0 Å². The van der Waals surface area contributed by atoms with E-state index in [2.05, 4.69) is 26.8 Å². The molecule has 1 saturated carbocycles. The van der Waals surface area contributed by atoms with Gasteiger partial charge in [-0.3, -0.25) is 9.59 Å². The second-order valence-corrected chi connectivity index (χ2v) is 7.50. The van der Waals surface area contributed by atoms with Gasteiger partial charge in [0.15, 0.2) is 5.65 Å². The lowest BCUT2D eigenvalue weighted by molar-refractivity contribution is -0.126. The van der Waals surface area contributed by atoms with Crippen LogP contribution in [0.2, 0.25) is 0 Å². The lowest BCUT2D eigenvalue weighted by Gasteiger charge is -2.34. The van der Waals surface area contributed by atoms with E-state index >= 15 is 0 Å². The average Bonchev–Trinajstić information content (AvgIpc) is 3.41. The third kappa shape index (κ3) is 3.72. The van der Waals surface area contributed by atoms with Gasteiger partial charge < -0.3 is 20.1 Å². The molecule has 0 unspecified atom stereocenters. The molecule has 2 aromatic rings. The van der Waals surface area contributed by atoms with E-state index in [0.29, 0.717) is 48.8 Å². The number of hydrogen-bond donors (Lipinski definition) is 2. The van der Waals surface area contributed by atoms with Gasteiger partial charge in [-0.15, -0.1) is 0 Å². The Kier molecular flexibility index (Phi) is 5.27. The van der Waals surface area contributed by atoms with E-state index in [9.17, 15) is 9.59 Å². The van der Waals surface area contributed by atoms with Gasteiger partial charge in [0.05, 0.1) is 11.8 Å². The van der Waals surface area contributed by atoms with Crippen LogP contribution < -0.4 is 10.2 Å². The molecule has 0 radical (unpaired) electrons. The van der Waals surface area contributed by atoms with Gasteiger partial charge in [-0.25, -0.2) is 9.97 Å². The van der Waals surface area contributed by atoms with E-state index < -0.39 is 0 Å². The summed E-state index contributed by atoms with van der Waals surface area (Å²) in [7, 11) is 0. The van der Waals surface area contributed by atoms with Crippen molar-refractivity contribution >= 4 is 28.8 Å². The van der Waals surface area contributed by atoms with E-state index in [1.54, 1.807) is 17.3 Å². The summed E-state index contributed by atoms with van der Waals surface area (Å²) in [6, 6.07) is 0. The molecule has 8 heteroatoms. The molecule has 4 rings (SSSR count). The number of rotatable bonds is 5. The molecule has 3 heterocycles. The highest BCUT2D eigenvalue weighted by Gasteiger charge is 2.23. The molecule has 0 atom stereocenters. The topological polar surface area (TPSA) is 94.2 Å². The normalized spacial score (nSPS) is 17.9. The smallest absolute Gasteiger partial charge is 0.255 e. The minimum absolute atomic E-state index is 0.0481. The molecule has 0 spiro atoms. The van der Waals surface area contributed by atoms with Crippen LogP contribution in [0.25, 0.3) is 11.2 Å². The van der Waals surface area contributed by atoms with Crippen molar-refractivity contribution in [3.63, 3.8) is 0 Å². The van der Waals surface area contributed by atoms with Crippen molar-refractivity contribution in [2.45, 2.75) is 25.7 Å². The SMILES string of the molecule is C=CC(=O)N1CCN(c2cnc3[nH]cc(C(=O)NCC4CCCC4)c3n2)CC1. The Bertz CT molecular complexity index is 878. The predicted octanol–water partition coefficient (Wildman–Crippen LogP) is 1.71. The molecule has 0 aromatic carbocycles. The van der Waals surface area contributed by atoms with E-state index in [4.69, 9.17) is 4.98 Å². The molecular weight excluding hydrogens is 356 g/mol. The van der Waals surface area contributed by atoms with Crippen LogP contribution in [0.1, 0.15) is 36.0 Å². The summed E-state index contributed by atoms with van der Waals surface area (Å²) in [5, 5.41) is 3.05. The molecule has 2 aromatic heterocycles. The largest absolute Gasteiger partial charge is 0.352 e. The predicted molar refractivity (Wildman–Crippen MR) is 107 cm³/mol. The molecule has 2 fully saturated rings. The third-order valence-electron chi connectivity index (χ3n) is 5.73. The summed E-state index contributed by atoms with van der Waals surface area (Å²) < 4.78 is 0. The summed E-state index contributed by atoms with van der Waals surface area (Å²) in [6.45, 7) is 6.84. The zero-order valence-corrected chi connectivity index (χ0v) is 16.0. The minimum Gasteiger partial charge on any atom is -0.352 e. The van der Waals surface area contributed by atoms with Crippen molar-refractivity contribution in [3.05, 3.63) is 30.6 Å². The number of nitrogens with zero attached hydrogens (tertiary/aromatic N) is 4. The van der Waals surface area contributed by atoms with Gasteiger partial charge in [-0.05, 0) is 24.8 Å². The highest BCUT2D eigenvalue weighted by molar-refractivity contribution is 6.04. The lowest BCUT2D eigenvalue weighted by atomic mass is 10.1. The Morgan fingerprint density at radius 1 is 1.25 bits per heavy atom. The van der Waals surface area contributed by atoms with Gasteiger partial charge >= 0.3 is 0 Å². The highest BCUT2D eigenvalue weighted by atomic mass is 16.2. The van der Waals surface area contributed by atoms with Crippen LogP contribution >= 0.6 is 0 Å². The van der Waals surface area contributed by atoms with Crippen LogP contribution in [0, 0.1) is 5.92 Å². The van der Waals surface area contributed by atoms with Crippen LogP contribution in [-0.4, -0.2) is 64.4 Å². The van der Waals surface area contributed by atoms with E-state index in [0.717, 1.165) is 12.4 Å². The summed E-state index contributed by atoms with van der Waals surface area (Å²) in [6.07, 6.45) is 9.64. The Labute approximate surface area is 164 Å². The molecule has 2 N–H and O–H groups in total. The van der Waals surface area contributed by atoms with E-state index in [1.807, 2.05) is 0 Å². The van der Waals surface area contributed by atoms with Crippen molar-refractivity contribution in [3.8, 4) is 0 Å². The van der Waals surface area contributed by atoms with Crippen molar-refractivity contribution in [2.24, 2.45) is 5.92 Å². The molecule has 2 aliphatic rings. The van der Waals surface area contributed by atoms with Gasteiger partial charge in [0.2, 0.25) is 5.91 Å². The fraction of sp³-hybridized carbons (Fsp3) is 0.500. The first-order valence-corrected chi connectivity index (χ1v) is 9.94. The number of carbonyl (C=O) groups is 2. The van der Waals surface area contributed by atoms with Crippen LogP contribution in [-0.2, 0) is 4.79 Å². The molecule has 0 bridgehead atoms. The van der Waals surface area contributed by atoms with Gasteiger partial charge in [0.25, 0.3) is 5.91 Å². The average molecular weight is 382 g/mol. The molecule has 148 valence electrons. The number of fused-ring (bicyclic) bond motifs is 1. The van der Waals surface area contributed by atoms with Crippen LogP contribution in [0.5, 0.6) is 0 Å². The fourth-order valence-electron chi connectivity index (χ4n) is 4.04. The Hall–Kier alpha value is -2.90. The molecule has 1 saturated heterocycles. The molecular formula is C20H26N6O2. The number of H-pyrrole nitrogens is 1. The maximum absolute atomic E-state index is 12.6. The number of aromatic nitrogens is 3. The second kappa shape index (κ2) is 8.00. The maximum atomic E-state index is 12.6. The Morgan fingerprint density at radius 3 is 2.71 bits per heavy atom. The number of amides is 2. The number of aromatic amines is 1. The number of hydrogen-bond acceptors (Lipinski definition) is 5. The summed E-state index contributed by atoms with van der Waals surface area (Å²) in [4.78, 5) is 40.4.